The van der Waals surface area contributed by atoms with E-state index in [1.807, 2.05) is 12.1 Å². The summed E-state index contributed by atoms with van der Waals surface area (Å²) in [5.41, 5.74) is 2.49. The van der Waals surface area contributed by atoms with Crippen molar-refractivity contribution in [2.45, 2.75) is 62.0 Å². The number of nitrogens with zero attached hydrogens (tertiary/aromatic N) is 1. The van der Waals surface area contributed by atoms with Crippen LogP contribution in [0.25, 0.3) is 0 Å². The molecule has 1 aliphatic carbocycles. The Kier molecular flexibility index (Phi) is 6.63. The quantitative estimate of drug-likeness (QED) is 0.656. The van der Waals surface area contributed by atoms with Crippen LogP contribution in [-0.2, 0) is 20.8 Å². The molecule has 0 saturated carbocycles. The van der Waals surface area contributed by atoms with Crippen LogP contribution in [0.2, 0.25) is 0 Å². The minimum Gasteiger partial charge on any atom is -0.347 e. The van der Waals surface area contributed by atoms with Gasteiger partial charge in [-0.3, -0.25) is 14.4 Å². The number of amides is 3. The van der Waals surface area contributed by atoms with Crippen LogP contribution in [0.1, 0.15) is 49.3 Å². The van der Waals surface area contributed by atoms with Gasteiger partial charge in [-0.2, -0.15) is 0 Å². The zero-order chi connectivity index (χ0) is 21.1. The molecular weight excluding hydrogens is 400 g/mol. The molecule has 2 fully saturated rings. The van der Waals surface area contributed by atoms with Gasteiger partial charge in [0.15, 0.2) is 0 Å². The summed E-state index contributed by atoms with van der Waals surface area (Å²) >= 11 is 1.72. The molecule has 2 saturated heterocycles. The normalized spacial score (nSPS) is 28.3. The maximum absolute atomic E-state index is 13.3. The largest absolute Gasteiger partial charge is 0.347 e. The van der Waals surface area contributed by atoms with E-state index in [0.29, 0.717) is 12.8 Å². The molecule has 1 aromatic rings. The van der Waals surface area contributed by atoms with E-state index in [0.717, 1.165) is 31.4 Å². The highest BCUT2D eigenvalue weighted by Crippen LogP contribution is 2.36. The molecule has 2 aliphatic heterocycles. The van der Waals surface area contributed by atoms with E-state index in [9.17, 15) is 14.4 Å². The van der Waals surface area contributed by atoms with Gasteiger partial charge < -0.3 is 20.9 Å². The monoisotopic (exact) mass is 430 g/mol. The van der Waals surface area contributed by atoms with E-state index >= 15 is 0 Å². The van der Waals surface area contributed by atoms with Crippen molar-refractivity contribution in [3.63, 3.8) is 0 Å². The summed E-state index contributed by atoms with van der Waals surface area (Å²) in [6.07, 6.45) is 5.09. The molecule has 0 bridgehead atoms. The van der Waals surface area contributed by atoms with Crippen molar-refractivity contribution in [3.8, 4) is 0 Å². The summed E-state index contributed by atoms with van der Waals surface area (Å²) in [6, 6.07) is 7.26. The van der Waals surface area contributed by atoms with Gasteiger partial charge in [0.1, 0.15) is 12.1 Å². The van der Waals surface area contributed by atoms with Crippen LogP contribution in [0.3, 0.4) is 0 Å². The predicted octanol–water partition coefficient (Wildman–Crippen LogP) is 1.34. The van der Waals surface area contributed by atoms with Gasteiger partial charge in [-0.05, 0) is 62.5 Å². The molecule has 3 N–H and O–H groups in total. The van der Waals surface area contributed by atoms with Crippen LogP contribution in [0.15, 0.2) is 24.3 Å². The third kappa shape index (κ3) is 4.34. The van der Waals surface area contributed by atoms with Crippen LogP contribution in [-0.4, -0.2) is 59.4 Å². The van der Waals surface area contributed by atoms with Crippen LogP contribution in [0.4, 0.5) is 0 Å². The first-order valence-corrected chi connectivity index (χ1v) is 11.9. The first-order valence-electron chi connectivity index (χ1n) is 10.8. The molecule has 4 rings (SSSR count). The molecule has 3 aliphatic rings. The maximum atomic E-state index is 13.3. The van der Waals surface area contributed by atoms with E-state index in [1.54, 1.807) is 23.7 Å². The lowest BCUT2D eigenvalue weighted by atomic mass is 9.87. The zero-order valence-corrected chi connectivity index (χ0v) is 18.2. The maximum Gasteiger partial charge on any atom is 0.246 e. The molecule has 0 spiro atoms. The third-order valence-electron chi connectivity index (χ3n) is 6.26. The summed E-state index contributed by atoms with van der Waals surface area (Å²) in [4.78, 5) is 40.3. The lowest BCUT2D eigenvalue weighted by Gasteiger charge is -2.32. The SMILES string of the molecule is CNCC(=O)NC1CCSC2CCC(C(=O)NC3CCCc4ccccc43)N2C1=O. The van der Waals surface area contributed by atoms with Gasteiger partial charge in [0.25, 0.3) is 0 Å². The Balaban J connectivity index is 1.47. The summed E-state index contributed by atoms with van der Waals surface area (Å²) < 4.78 is 0. The van der Waals surface area contributed by atoms with Crippen molar-refractivity contribution in [3.05, 3.63) is 35.4 Å². The number of thioether (sulfide) groups is 1. The standard InChI is InChI=1S/C22H30N4O3S/c1-23-13-19(27)24-17-11-12-30-20-10-9-18(26(20)22(17)29)21(28)25-16-8-4-6-14-5-2-3-7-15(14)16/h2-3,5,7,16-18,20,23H,4,6,8-13H2,1H3,(H,24,27)(H,25,28). The van der Waals surface area contributed by atoms with Gasteiger partial charge >= 0.3 is 0 Å². The highest BCUT2D eigenvalue weighted by Gasteiger charge is 2.45. The number of aryl methyl sites for hydroxylation is 1. The van der Waals surface area contributed by atoms with Crippen LogP contribution in [0, 0.1) is 0 Å². The van der Waals surface area contributed by atoms with E-state index in [-0.39, 0.29) is 35.7 Å². The Morgan fingerprint density at radius 1 is 1.10 bits per heavy atom. The molecule has 8 heteroatoms. The second-order valence-corrected chi connectivity index (χ2v) is 9.54. The third-order valence-corrected chi connectivity index (χ3v) is 7.58. The van der Waals surface area contributed by atoms with Gasteiger partial charge in [0.2, 0.25) is 17.7 Å². The smallest absolute Gasteiger partial charge is 0.246 e. The van der Waals surface area contributed by atoms with Gasteiger partial charge in [0, 0.05) is 0 Å². The fraction of sp³-hybridized carbons (Fsp3) is 0.591. The Labute approximate surface area is 181 Å². The lowest BCUT2D eigenvalue weighted by molar-refractivity contribution is -0.142. The van der Waals surface area contributed by atoms with Crippen LogP contribution in [0.5, 0.6) is 0 Å². The minimum atomic E-state index is -0.563. The number of fused-ring (bicyclic) bond motifs is 2. The molecule has 1 aromatic carbocycles. The Morgan fingerprint density at radius 2 is 1.93 bits per heavy atom. The number of carbonyl (C=O) groups is 3. The average molecular weight is 431 g/mol. The molecule has 162 valence electrons. The molecule has 0 aromatic heterocycles. The van der Waals surface area contributed by atoms with Gasteiger partial charge in [-0.1, -0.05) is 24.3 Å². The van der Waals surface area contributed by atoms with Crippen molar-refractivity contribution in [1.29, 1.82) is 0 Å². The molecule has 30 heavy (non-hydrogen) atoms. The molecule has 0 radical (unpaired) electrons. The summed E-state index contributed by atoms with van der Waals surface area (Å²) in [7, 11) is 1.70. The second kappa shape index (κ2) is 9.39. The van der Waals surface area contributed by atoms with Crippen LogP contribution >= 0.6 is 11.8 Å². The molecule has 4 atom stereocenters. The van der Waals surface area contributed by atoms with E-state index in [2.05, 4.69) is 28.1 Å². The highest BCUT2D eigenvalue weighted by atomic mass is 32.2. The number of hydrogen-bond donors (Lipinski definition) is 3. The van der Waals surface area contributed by atoms with Crippen molar-refractivity contribution in [1.82, 2.24) is 20.9 Å². The topological polar surface area (TPSA) is 90.5 Å². The summed E-state index contributed by atoms with van der Waals surface area (Å²) in [5, 5.41) is 8.89. The van der Waals surface area contributed by atoms with Crippen molar-refractivity contribution in [2.75, 3.05) is 19.3 Å². The Morgan fingerprint density at radius 3 is 2.77 bits per heavy atom. The van der Waals surface area contributed by atoms with Crippen molar-refractivity contribution >= 4 is 29.5 Å². The summed E-state index contributed by atoms with van der Waals surface area (Å²) in [6.45, 7) is 0.172. The zero-order valence-electron chi connectivity index (χ0n) is 17.4. The summed E-state index contributed by atoms with van der Waals surface area (Å²) in [5.74, 6) is 0.395. The van der Waals surface area contributed by atoms with Gasteiger partial charge in [-0.25, -0.2) is 0 Å². The van der Waals surface area contributed by atoms with Gasteiger partial charge in [-0.15, -0.1) is 11.8 Å². The van der Waals surface area contributed by atoms with Gasteiger partial charge in [0.05, 0.1) is 18.0 Å². The predicted molar refractivity (Wildman–Crippen MR) is 117 cm³/mol. The lowest BCUT2D eigenvalue weighted by Crippen LogP contribution is -2.55. The number of benzene rings is 1. The molecule has 4 unspecified atom stereocenters. The first kappa shape index (κ1) is 21.2. The van der Waals surface area contributed by atoms with Crippen molar-refractivity contribution in [2.24, 2.45) is 0 Å². The molecule has 3 amide bonds. The number of carbonyl (C=O) groups excluding carboxylic acids is 3. The molecular formula is C22H30N4O3S. The second-order valence-electron chi connectivity index (χ2n) is 8.26. The highest BCUT2D eigenvalue weighted by molar-refractivity contribution is 7.99. The minimum absolute atomic E-state index is 0.00219. The number of hydrogen-bond acceptors (Lipinski definition) is 5. The first-order chi connectivity index (χ1) is 14.6. The Hall–Kier alpha value is -2.06. The average Bonchev–Trinajstić information content (AvgIpc) is 3.10. The fourth-order valence-corrected chi connectivity index (χ4v) is 6.19. The van der Waals surface area contributed by atoms with Crippen molar-refractivity contribution < 1.29 is 14.4 Å². The number of nitrogens with one attached hydrogen (secondary N) is 3. The molecule has 2 heterocycles. The fourth-order valence-electron chi connectivity index (χ4n) is 4.83. The van der Waals surface area contributed by atoms with E-state index in [4.69, 9.17) is 0 Å². The van der Waals surface area contributed by atoms with Crippen LogP contribution < -0.4 is 16.0 Å². The van der Waals surface area contributed by atoms with E-state index < -0.39 is 12.1 Å². The number of rotatable bonds is 5. The van der Waals surface area contributed by atoms with E-state index in [1.165, 1.54) is 11.1 Å². The Bertz CT molecular complexity index is 817. The number of likely N-dealkylation sites (N-methyl/N-ethyl adjacent to an activating group) is 1. The molecule has 7 nitrogen and oxygen atoms in total.